The van der Waals surface area contributed by atoms with Gasteiger partial charge < -0.3 is 14.7 Å². The van der Waals surface area contributed by atoms with Crippen LogP contribution < -0.4 is 4.72 Å². The Bertz CT molecular complexity index is 1150. The summed E-state index contributed by atoms with van der Waals surface area (Å²) in [7, 11) is -4.31. The molecule has 0 radical (unpaired) electrons. The molecule has 1 fully saturated rings. The lowest BCUT2D eigenvalue weighted by Gasteiger charge is -2.26. The number of carbonyl (C=O) groups is 3. The van der Waals surface area contributed by atoms with Gasteiger partial charge in [-0.1, -0.05) is 12.1 Å². The van der Waals surface area contributed by atoms with Crippen LogP contribution in [0.5, 0.6) is 0 Å². The fourth-order valence-corrected chi connectivity index (χ4v) is 4.75. The predicted molar refractivity (Wildman–Crippen MR) is 114 cm³/mol. The van der Waals surface area contributed by atoms with Crippen LogP contribution in [0, 0.1) is 6.92 Å². The van der Waals surface area contributed by atoms with Gasteiger partial charge in [-0.25, -0.2) is 8.42 Å². The van der Waals surface area contributed by atoms with Crippen molar-refractivity contribution in [3.05, 3.63) is 36.0 Å². The van der Waals surface area contributed by atoms with Crippen molar-refractivity contribution in [2.75, 3.05) is 13.2 Å². The van der Waals surface area contributed by atoms with E-state index in [2.05, 4.69) is 9.71 Å². The van der Waals surface area contributed by atoms with Crippen molar-refractivity contribution < 1.29 is 32.6 Å². The van der Waals surface area contributed by atoms with Gasteiger partial charge in [0.2, 0.25) is 15.9 Å². The number of para-hydroxylation sites is 1. The fraction of sp³-hybridized carbons (Fsp3) is 0.429. The van der Waals surface area contributed by atoms with E-state index >= 15 is 0 Å². The van der Waals surface area contributed by atoms with E-state index in [0.29, 0.717) is 18.2 Å². The quantitative estimate of drug-likeness (QED) is 0.501. The minimum absolute atomic E-state index is 0.129. The molecule has 2 N–H and O–H groups in total. The fourth-order valence-electron chi connectivity index (χ4n) is 3.38. The Balaban J connectivity index is 1.91. The van der Waals surface area contributed by atoms with Crippen LogP contribution in [0.4, 0.5) is 0 Å². The van der Waals surface area contributed by atoms with Crippen LogP contribution >= 0.6 is 0 Å². The lowest BCUT2D eigenvalue weighted by atomic mass is 10.2. The molecular formula is C21H25N3O7S. The zero-order chi connectivity index (χ0) is 23.5. The number of esters is 1. The number of pyridine rings is 1. The molecule has 0 aliphatic heterocycles. The summed E-state index contributed by atoms with van der Waals surface area (Å²) in [4.78, 5) is 41.7. The van der Waals surface area contributed by atoms with Crippen molar-refractivity contribution in [1.29, 1.82) is 0 Å². The minimum Gasteiger partial charge on any atom is -0.481 e. The Kier molecular flexibility index (Phi) is 7.09. The van der Waals surface area contributed by atoms with E-state index in [0.717, 1.165) is 5.56 Å². The van der Waals surface area contributed by atoms with E-state index < -0.39 is 40.3 Å². The number of carbonyl (C=O) groups excluding carboxylic acids is 2. The Morgan fingerprint density at radius 3 is 2.66 bits per heavy atom. The second-order valence-electron chi connectivity index (χ2n) is 7.61. The zero-order valence-electron chi connectivity index (χ0n) is 17.8. The number of aryl methyl sites for hydroxylation is 1. The number of fused-ring (bicyclic) bond motifs is 1. The number of carboxylic acid groups (broad SMARTS) is 1. The largest absolute Gasteiger partial charge is 0.481 e. The van der Waals surface area contributed by atoms with Gasteiger partial charge in [-0.15, -0.1) is 0 Å². The predicted octanol–water partition coefficient (Wildman–Crippen LogP) is 1.22. The first-order valence-corrected chi connectivity index (χ1v) is 11.7. The number of nitrogens with one attached hydrogen (secondary N) is 1. The molecule has 0 bridgehead atoms. The highest BCUT2D eigenvalue weighted by Gasteiger charge is 2.39. The van der Waals surface area contributed by atoms with Gasteiger partial charge in [-0.3, -0.25) is 19.4 Å². The molecule has 3 rings (SSSR count). The standard InChI is InChI=1S/C21H25N3O7S/c1-3-31-19(27)12-24(15-7-8-15)21(28)16(10-18(25)26)23-32(29,30)17-6-4-5-14-9-13(2)11-22-20(14)17/h4-6,9,11,15-16,23H,3,7-8,10,12H2,1-2H3,(H,25,26)/t16-/m0/s1. The van der Waals surface area contributed by atoms with Crippen LogP contribution in [0.15, 0.2) is 35.4 Å². The number of amides is 1. The normalized spacial score (nSPS) is 14.7. The van der Waals surface area contributed by atoms with Gasteiger partial charge in [0.15, 0.2) is 0 Å². The minimum atomic E-state index is -4.31. The summed E-state index contributed by atoms with van der Waals surface area (Å²) in [5.41, 5.74) is 1.05. The lowest BCUT2D eigenvalue weighted by molar-refractivity contribution is -0.150. The first kappa shape index (κ1) is 23.6. The molecule has 0 spiro atoms. The van der Waals surface area contributed by atoms with Crippen molar-refractivity contribution in [1.82, 2.24) is 14.6 Å². The third-order valence-electron chi connectivity index (χ3n) is 4.95. The molecule has 172 valence electrons. The molecule has 1 aromatic heterocycles. The van der Waals surface area contributed by atoms with Crippen molar-refractivity contribution >= 4 is 38.8 Å². The van der Waals surface area contributed by atoms with Gasteiger partial charge in [0.25, 0.3) is 0 Å². The van der Waals surface area contributed by atoms with E-state index in [1.165, 1.54) is 17.2 Å². The Labute approximate surface area is 185 Å². The molecule has 1 aliphatic carbocycles. The van der Waals surface area contributed by atoms with Crippen LogP contribution in [0.25, 0.3) is 10.9 Å². The molecule has 1 saturated carbocycles. The molecule has 11 heteroatoms. The molecule has 1 amide bonds. The summed E-state index contributed by atoms with van der Waals surface area (Å²) in [5, 5.41) is 9.89. The van der Waals surface area contributed by atoms with Crippen molar-refractivity contribution in [2.45, 2.75) is 50.1 Å². The van der Waals surface area contributed by atoms with Crippen LogP contribution in [-0.4, -0.2) is 66.5 Å². The number of aliphatic carboxylic acids is 1. The number of ether oxygens (including phenoxy) is 1. The van der Waals surface area contributed by atoms with E-state index in [1.54, 1.807) is 25.1 Å². The summed E-state index contributed by atoms with van der Waals surface area (Å²) < 4.78 is 33.4. The third-order valence-corrected chi connectivity index (χ3v) is 6.45. The van der Waals surface area contributed by atoms with Gasteiger partial charge in [-0.2, -0.15) is 4.72 Å². The Morgan fingerprint density at radius 2 is 2.03 bits per heavy atom. The highest BCUT2D eigenvalue weighted by molar-refractivity contribution is 7.89. The van der Waals surface area contributed by atoms with Crippen LogP contribution in [0.2, 0.25) is 0 Å². The van der Waals surface area contributed by atoms with Gasteiger partial charge in [0, 0.05) is 17.6 Å². The first-order chi connectivity index (χ1) is 15.1. The maximum atomic E-state index is 13.2. The number of rotatable bonds is 10. The Morgan fingerprint density at radius 1 is 1.31 bits per heavy atom. The molecule has 0 saturated heterocycles. The average Bonchev–Trinajstić information content (AvgIpc) is 3.55. The summed E-state index contributed by atoms with van der Waals surface area (Å²) in [6.45, 7) is 3.21. The average molecular weight is 464 g/mol. The molecule has 1 atom stereocenters. The number of aromatic nitrogens is 1. The third kappa shape index (κ3) is 5.60. The molecule has 0 unspecified atom stereocenters. The molecular weight excluding hydrogens is 438 g/mol. The lowest BCUT2D eigenvalue weighted by Crippen LogP contribution is -2.51. The molecule has 10 nitrogen and oxygen atoms in total. The zero-order valence-corrected chi connectivity index (χ0v) is 18.6. The van der Waals surface area contributed by atoms with Gasteiger partial charge in [0.05, 0.1) is 18.5 Å². The van der Waals surface area contributed by atoms with Crippen molar-refractivity contribution in [3.8, 4) is 0 Å². The van der Waals surface area contributed by atoms with Gasteiger partial charge in [-0.05, 0) is 44.4 Å². The summed E-state index contributed by atoms with van der Waals surface area (Å²) in [5.74, 6) is -2.78. The molecule has 1 aliphatic rings. The second kappa shape index (κ2) is 9.61. The van der Waals surface area contributed by atoms with Crippen molar-refractivity contribution in [3.63, 3.8) is 0 Å². The Hall–Kier alpha value is -3.05. The molecule has 1 heterocycles. The second-order valence-corrected chi connectivity index (χ2v) is 9.30. The van der Waals surface area contributed by atoms with E-state index in [4.69, 9.17) is 4.74 Å². The highest BCUT2D eigenvalue weighted by atomic mass is 32.2. The summed E-state index contributed by atoms with van der Waals surface area (Å²) in [6, 6.07) is 4.52. The molecule has 2 aromatic rings. The van der Waals surface area contributed by atoms with Crippen LogP contribution in [0.3, 0.4) is 0 Å². The van der Waals surface area contributed by atoms with Crippen LogP contribution in [0.1, 0.15) is 31.7 Å². The molecule has 1 aromatic carbocycles. The first-order valence-electron chi connectivity index (χ1n) is 10.2. The van der Waals surface area contributed by atoms with Gasteiger partial charge in [0.1, 0.15) is 17.5 Å². The van der Waals surface area contributed by atoms with E-state index in [1.807, 2.05) is 6.92 Å². The number of sulfonamides is 1. The number of carboxylic acids is 1. The maximum absolute atomic E-state index is 13.2. The van der Waals surface area contributed by atoms with Gasteiger partial charge >= 0.3 is 11.9 Å². The maximum Gasteiger partial charge on any atom is 0.325 e. The number of hydrogen-bond donors (Lipinski definition) is 2. The summed E-state index contributed by atoms with van der Waals surface area (Å²) >= 11 is 0. The SMILES string of the molecule is CCOC(=O)CN(C(=O)[C@H](CC(=O)O)NS(=O)(=O)c1cccc2cc(C)cnc12)C1CC1. The smallest absolute Gasteiger partial charge is 0.325 e. The number of nitrogens with zero attached hydrogens (tertiary/aromatic N) is 2. The van der Waals surface area contributed by atoms with Crippen LogP contribution in [-0.2, 0) is 29.1 Å². The number of benzene rings is 1. The number of hydrogen-bond acceptors (Lipinski definition) is 7. The van der Waals surface area contributed by atoms with E-state index in [9.17, 15) is 27.9 Å². The topological polar surface area (TPSA) is 143 Å². The summed E-state index contributed by atoms with van der Waals surface area (Å²) in [6.07, 6.45) is 2.03. The highest BCUT2D eigenvalue weighted by Crippen LogP contribution is 2.28. The van der Waals surface area contributed by atoms with Crippen molar-refractivity contribution in [2.24, 2.45) is 0 Å². The molecule has 32 heavy (non-hydrogen) atoms. The van der Waals surface area contributed by atoms with E-state index in [-0.39, 0.29) is 29.6 Å². The monoisotopic (exact) mass is 463 g/mol.